The molecule has 22 heavy (non-hydrogen) atoms. The van der Waals surface area contributed by atoms with E-state index in [1.165, 1.54) is 0 Å². The fourth-order valence-electron chi connectivity index (χ4n) is 2.78. The molecule has 8 N–H and O–H groups in total. The zero-order chi connectivity index (χ0) is 16.3. The Morgan fingerprint density at radius 3 is 2.50 bits per heavy atom. The molecule has 0 saturated heterocycles. The van der Waals surface area contributed by atoms with Crippen molar-refractivity contribution in [1.29, 1.82) is 0 Å². The maximum atomic E-state index is 6.32. The molecule has 0 aliphatic heterocycles. The predicted molar refractivity (Wildman–Crippen MR) is 89.1 cm³/mol. The van der Waals surface area contributed by atoms with Gasteiger partial charge in [0.05, 0.1) is 18.3 Å². The van der Waals surface area contributed by atoms with Gasteiger partial charge in [-0.05, 0) is 38.1 Å². The highest BCUT2D eigenvalue weighted by Crippen LogP contribution is 2.44. The van der Waals surface area contributed by atoms with E-state index >= 15 is 0 Å². The molecule has 0 bridgehead atoms. The maximum Gasteiger partial charge on any atom is 0.142 e. The van der Waals surface area contributed by atoms with Gasteiger partial charge in [-0.2, -0.15) is 0 Å². The van der Waals surface area contributed by atoms with Gasteiger partial charge in [0.1, 0.15) is 11.4 Å². The second-order valence-electron chi connectivity index (χ2n) is 5.10. The first-order chi connectivity index (χ1) is 10.5. The molecule has 0 heterocycles. The highest BCUT2D eigenvalue weighted by atomic mass is 16.5. The van der Waals surface area contributed by atoms with E-state index in [9.17, 15) is 0 Å². The molecule has 2 rings (SSSR count). The Kier molecular flexibility index (Phi) is 4.63. The molecule has 0 aromatic heterocycles. The highest BCUT2D eigenvalue weighted by Gasteiger charge is 2.43. The Bertz CT molecular complexity index is 612. The normalized spacial score (nSPS) is 24.1. The van der Waals surface area contributed by atoms with Gasteiger partial charge < -0.3 is 32.4 Å². The zero-order valence-corrected chi connectivity index (χ0v) is 13.0. The van der Waals surface area contributed by atoms with Gasteiger partial charge in [-0.25, -0.2) is 0 Å². The number of nitrogen functional groups attached to an aromatic ring is 2. The number of allylic oxidation sites excluding steroid dienone is 2. The van der Waals surface area contributed by atoms with E-state index in [2.05, 4.69) is 0 Å². The van der Waals surface area contributed by atoms with Crippen LogP contribution in [0.25, 0.3) is 0 Å². The van der Waals surface area contributed by atoms with Crippen molar-refractivity contribution in [2.45, 2.75) is 25.5 Å². The van der Waals surface area contributed by atoms with Gasteiger partial charge in [0.15, 0.2) is 0 Å². The van der Waals surface area contributed by atoms with E-state index in [1.807, 2.05) is 19.9 Å². The maximum absolute atomic E-state index is 6.32. The largest absolute Gasteiger partial charge is 0.492 e. The van der Waals surface area contributed by atoms with Crippen molar-refractivity contribution in [3.05, 3.63) is 41.6 Å². The molecular weight excluding hydrogens is 280 g/mol. The van der Waals surface area contributed by atoms with Gasteiger partial charge in [-0.15, -0.1) is 0 Å². The Labute approximate surface area is 130 Å². The molecule has 6 heteroatoms. The minimum absolute atomic E-state index is 0.421. The number of ether oxygens (including phenoxy) is 2. The first-order valence-electron chi connectivity index (χ1n) is 7.33. The first-order valence-corrected chi connectivity index (χ1v) is 7.33. The molecule has 1 aromatic carbocycles. The van der Waals surface area contributed by atoms with Crippen LogP contribution in [-0.4, -0.2) is 19.3 Å². The summed E-state index contributed by atoms with van der Waals surface area (Å²) >= 11 is 0. The zero-order valence-electron chi connectivity index (χ0n) is 13.0. The average molecular weight is 304 g/mol. The van der Waals surface area contributed by atoms with E-state index in [0.717, 1.165) is 0 Å². The molecule has 2 atom stereocenters. The van der Waals surface area contributed by atoms with Crippen LogP contribution in [0, 0.1) is 0 Å². The molecule has 0 fully saturated rings. The van der Waals surface area contributed by atoms with Gasteiger partial charge >= 0.3 is 0 Å². The van der Waals surface area contributed by atoms with Gasteiger partial charge in [-0.1, -0.05) is 6.08 Å². The van der Waals surface area contributed by atoms with Crippen molar-refractivity contribution in [2.75, 3.05) is 24.7 Å². The Morgan fingerprint density at radius 1 is 1.14 bits per heavy atom. The number of rotatable bonds is 5. The van der Waals surface area contributed by atoms with Crippen LogP contribution >= 0.6 is 0 Å². The summed E-state index contributed by atoms with van der Waals surface area (Å²) in [7, 11) is 0. The van der Waals surface area contributed by atoms with Gasteiger partial charge in [-0.3, -0.25) is 0 Å². The van der Waals surface area contributed by atoms with Crippen molar-refractivity contribution in [3.8, 4) is 5.75 Å². The van der Waals surface area contributed by atoms with E-state index in [0.29, 0.717) is 41.6 Å². The summed E-state index contributed by atoms with van der Waals surface area (Å²) in [4.78, 5) is 0. The Morgan fingerprint density at radius 2 is 1.86 bits per heavy atom. The van der Waals surface area contributed by atoms with Crippen molar-refractivity contribution in [1.82, 2.24) is 0 Å². The van der Waals surface area contributed by atoms with Crippen LogP contribution in [0.15, 0.2) is 36.1 Å². The van der Waals surface area contributed by atoms with E-state index in [-0.39, 0.29) is 0 Å². The lowest BCUT2D eigenvalue weighted by molar-refractivity contribution is -0.0167. The number of nitrogens with two attached hydrogens (primary N) is 4. The SMILES string of the molecule is CCOc1ccc(N)c(C2(OCC)C=CC=C(N)C2N)c1N. The topological polar surface area (TPSA) is 123 Å². The first kappa shape index (κ1) is 16.2. The van der Waals surface area contributed by atoms with Crippen LogP contribution in [0.2, 0.25) is 0 Å². The molecule has 2 unspecified atom stereocenters. The molecule has 1 aliphatic rings. The number of benzene rings is 1. The molecule has 0 saturated carbocycles. The summed E-state index contributed by atoms with van der Waals surface area (Å²) in [5, 5.41) is 0. The smallest absolute Gasteiger partial charge is 0.142 e. The number of anilines is 2. The lowest BCUT2D eigenvalue weighted by Crippen LogP contribution is -2.51. The third-order valence-corrected chi connectivity index (χ3v) is 3.77. The summed E-state index contributed by atoms with van der Waals surface area (Å²) in [6, 6.07) is 2.90. The fourth-order valence-corrected chi connectivity index (χ4v) is 2.78. The second kappa shape index (κ2) is 6.29. The van der Waals surface area contributed by atoms with Crippen LogP contribution < -0.4 is 27.7 Å². The standard InChI is InChI=1S/C16H24N4O2/c1-3-21-12-8-7-10(17)13(14(12)19)16(22-4-2)9-5-6-11(18)15(16)20/h5-9,15H,3-4,17-20H2,1-2H3. The van der Waals surface area contributed by atoms with E-state index in [1.54, 1.807) is 24.3 Å². The van der Waals surface area contributed by atoms with Crippen LogP contribution in [0.1, 0.15) is 19.4 Å². The molecule has 120 valence electrons. The monoisotopic (exact) mass is 304 g/mol. The summed E-state index contributed by atoms with van der Waals surface area (Å²) in [5.41, 5.74) is 25.8. The van der Waals surface area contributed by atoms with Gasteiger partial charge in [0.25, 0.3) is 0 Å². The van der Waals surface area contributed by atoms with Crippen molar-refractivity contribution < 1.29 is 9.47 Å². The Balaban J connectivity index is 2.66. The van der Waals surface area contributed by atoms with Crippen LogP contribution in [0.5, 0.6) is 5.75 Å². The molecule has 6 nitrogen and oxygen atoms in total. The summed E-state index contributed by atoms with van der Waals surface area (Å²) in [5.74, 6) is 0.555. The van der Waals surface area contributed by atoms with Crippen LogP contribution in [-0.2, 0) is 10.3 Å². The molecule has 1 aromatic rings. The third-order valence-electron chi connectivity index (χ3n) is 3.77. The van der Waals surface area contributed by atoms with Gasteiger partial charge in [0.2, 0.25) is 0 Å². The lowest BCUT2D eigenvalue weighted by Gasteiger charge is -2.40. The molecular formula is C16H24N4O2. The minimum atomic E-state index is -1.01. The minimum Gasteiger partial charge on any atom is -0.492 e. The van der Waals surface area contributed by atoms with Crippen molar-refractivity contribution >= 4 is 11.4 Å². The quantitative estimate of drug-likeness (QED) is 0.607. The van der Waals surface area contributed by atoms with Crippen LogP contribution in [0.4, 0.5) is 11.4 Å². The van der Waals surface area contributed by atoms with Crippen molar-refractivity contribution in [2.24, 2.45) is 11.5 Å². The van der Waals surface area contributed by atoms with E-state index < -0.39 is 11.6 Å². The fraction of sp³-hybridized carbons (Fsp3) is 0.375. The molecule has 1 aliphatic carbocycles. The third kappa shape index (κ3) is 2.51. The summed E-state index contributed by atoms with van der Waals surface area (Å²) in [6.45, 7) is 4.71. The van der Waals surface area contributed by atoms with Crippen LogP contribution in [0.3, 0.4) is 0 Å². The number of hydrogen-bond acceptors (Lipinski definition) is 6. The average Bonchev–Trinajstić information content (AvgIpc) is 2.48. The lowest BCUT2D eigenvalue weighted by atomic mass is 9.80. The molecule has 0 amide bonds. The highest BCUT2D eigenvalue weighted by molar-refractivity contribution is 5.72. The predicted octanol–water partition coefficient (Wildman–Crippen LogP) is 1.22. The van der Waals surface area contributed by atoms with E-state index in [4.69, 9.17) is 32.4 Å². The second-order valence-corrected chi connectivity index (χ2v) is 5.10. The molecule has 0 spiro atoms. The van der Waals surface area contributed by atoms with Gasteiger partial charge in [0, 0.05) is 23.6 Å². The Hall–Kier alpha value is -2.18. The number of hydrogen-bond donors (Lipinski definition) is 4. The molecule has 0 radical (unpaired) electrons. The van der Waals surface area contributed by atoms with Crippen molar-refractivity contribution in [3.63, 3.8) is 0 Å². The summed E-state index contributed by atoms with van der Waals surface area (Å²) < 4.78 is 11.5. The summed E-state index contributed by atoms with van der Waals surface area (Å²) in [6.07, 6.45) is 5.40.